The maximum absolute atomic E-state index is 12.9. The number of aliphatic hydroxyl groups is 2. The van der Waals surface area contributed by atoms with Crippen LogP contribution in [0.5, 0.6) is 0 Å². The van der Waals surface area contributed by atoms with Crippen molar-refractivity contribution < 1.29 is 75.8 Å². The minimum Gasteiger partial charge on any atom is -0.463 e. The Labute approximate surface area is 553 Å². The molecule has 0 aromatic heterocycles. The highest BCUT2D eigenvalue weighted by Gasteiger charge is 2.29. The zero-order chi connectivity index (χ0) is 66.7. The molecule has 0 saturated carbocycles. The van der Waals surface area contributed by atoms with Crippen LogP contribution in [0, 0.1) is 0 Å². The van der Waals surface area contributed by atoms with Crippen molar-refractivity contribution in [3.8, 4) is 0 Å². The standard InChI is InChI=1S/C73H132O16P2/c1-4-7-10-13-16-19-22-25-28-29-30-31-32-33-34-35-36-37-40-42-44-47-50-53-56-59-71(76)83-62-68(74)63-85-90(79,80)86-64-69(75)65-87-91(81,82)88-67-70(89-73(78)61-58-55-52-49-46-43-39-27-24-21-18-15-12-9-6-3)66-84-72(77)60-57-54-51-48-45-41-38-26-23-20-17-14-11-8-5-2/h7,10,16,19,25,28,30-31,33-34,36-37,68-70,74-75H,4-6,8-9,11-15,17-18,20-24,26-27,29,32,35,38-67H2,1-3H3,(H,79,80)(H,81,82)/b10-7-,19-16-,28-25-,31-30-,34-33-,37-36-. The molecule has 0 heterocycles. The highest BCUT2D eigenvalue weighted by atomic mass is 31.2. The van der Waals surface area contributed by atoms with Gasteiger partial charge in [0.15, 0.2) is 6.10 Å². The zero-order valence-electron chi connectivity index (χ0n) is 57.5. The highest BCUT2D eigenvalue weighted by Crippen LogP contribution is 2.45. The van der Waals surface area contributed by atoms with E-state index in [1.165, 1.54) is 135 Å². The van der Waals surface area contributed by atoms with Crippen LogP contribution < -0.4 is 0 Å². The summed E-state index contributed by atoms with van der Waals surface area (Å²) in [4.78, 5) is 58.4. The normalized spacial score (nSPS) is 14.6. The second kappa shape index (κ2) is 67.0. The van der Waals surface area contributed by atoms with Gasteiger partial charge in [-0.05, 0) is 70.6 Å². The van der Waals surface area contributed by atoms with E-state index in [2.05, 4.69) is 93.7 Å². The third kappa shape index (κ3) is 68.2. The van der Waals surface area contributed by atoms with Crippen LogP contribution in [0.4, 0.5) is 0 Å². The number of allylic oxidation sites excluding steroid dienone is 12. The van der Waals surface area contributed by atoms with Crippen LogP contribution in [0.2, 0.25) is 0 Å². The average Bonchev–Trinajstić information content (AvgIpc) is 3.08. The van der Waals surface area contributed by atoms with Gasteiger partial charge < -0.3 is 34.2 Å². The zero-order valence-corrected chi connectivity index (χ0v) is 59.3. The lowest BCUT2D eigenvalue weighted by atomic mass is 10.0. The molecule has 0 radical (unpaired) electrons. The maximum atomic E-state index is 12.9. The summed E-state index contributed by atoms with van der Waals surface area (Å²) < 4.78 is 61.0. The Morgan fingerprint density at radius 2 is 0.582 bits per heavy atom. The van der Waals surface area contributed by atoms with Crippen LogP contribution in [0.3, 0.4) is 0 Å². The Kier molecular flexibility index (Phi) is 64.8. The first-order chi connectivity index (χ1) is 44.2. The minimum absolute atomic E-state index is 0.112. The Hall–Kier alpha value is -3.01. The second-order valence-electron chi connectivity index (χ2n) is 24.4. The first kappa shape index (κ1) is 88.0. The third-order valence-electron chi connectivity index (χ3n) is 15.4. The maximum Gasteiger partial charge on any atom is 0.472 e. The molecule has 0 spiro atoms. The molecule has 0 aromatic rings. The average molecular weight is 1330 g/mol. The fraction of sp³-hybridized carbons (Fsp3) is 0.795. The fourth-order valence-electron chi connectivity index (χ4n) is 9.93. The largest absolute Gasteiger partial charge is 0.472 e. The number of carbonyl (C=O) groups is 3. The monoisotopic (exact) mass is 1330 g/mol. The Balaban J connectivity index is 4.56. The SMILES string of the molecule is CC/C=C\C/C=C\C/C=C\C/C=C\C/C=C\C/C=C\CCCCCCCCC(=O)OCC(O)COP(=O)(O)OCC(O)COP(=O)(O)OCC(COC(=O)CCCCCCCCCCCCCCCCC)OC(=O)CCCCCCCCCCCCCCCCC. The summed E-state index contributed by atoms with van der Waals surface area (Å²) in [6, 6.07) is 0. The third-order valence-corrected chi connectivity index (χ3v) is 17.3. The lowest BCUT2D eigenvalue weighted by molar-refractivity contribution is -0.161. The molecular weight excluding hydrogens is 1190 g/mol. The Bertz CT molecular complexity index is 1950. The van der Waals surface area contributed by atoms with Crippen LogP contribution in [-0.2, 0) is 55.8 Å². The number of aliphatic hydroxyl groups excluding tert-OH is 2. The van der Waals surface area contributed by atoms with E-state index in [0.717, 1.165) is 122 Å². The smallest absolute Gasteiger partial charge is 0.463 e. The molecule has 0 aliphatic heterocycles. The van der Waals surface area contributed by atoms with Crippen molar-refractivity contribution in [3.63, 3.8) is 0 Å². The summed E-state index contributed by atoms with van der Waals surface area (Å²) in [7, 11) is -9.77. The Morgan fingerprint density at radius 1 is 0.319 bits per heavy atom. The number of rotatable bonds is 69. The van der Waals surface area contributed by atoms with Gasteiger partial charge in [-0.15, -0.1) is 0 Å². The molecule has 4 N–H and O–H groups in total. The van der Waals surface area contributed by atoms with Crippen molar-refractivity contribution in [3.05, 3.63) is 72.9 Å². The van der Waals surface area contributed by atoms with E-state index in [9.17, 15) is 43.5 Å². The molecule has 5 unspecified atom stereocenters. The molecule has 530 valence electrons. The van der Waals surface area contributed by atoms with Gasteiger partial charge in [-0.3, -0.25) is 32.5 Å². The lowest BCUT2D eigenvalue weighted by Gasteiger charge is -2.21. The summed E-state index contributed by atoms with van der Waals surface area (Å²) >= 11 is 0. The van der Waals surface area contributed by atoms with Crippen molar-refractivity contribution in [1.29, 1.82) is 0 Å². The van der Waals surface area contributed by atoms with Crippen molar-refractivity contribution in [2.24, 2.45) is 0 Å². The summed E-state index contributed by atoms with van der Waals surface area (Å²) in [5, 5.41) is 20.6. The summed E-state index contributed by atoms with van der Waals surface area (Å²) in [5.41, 5.74) is 0. The quantitative estimate of drug-likeness (QED) is 0.0146. The number of phosphoric ester groups is 2. The van der Waals surface area contributed by atoms with Gasteiger partial charge in [0, 0.05) is 19.3 Å². The van der Waals surface area contributed by atoms with Gasteiger partial charge in [0.25, 0.3) is 0 Å². The number of ether oxygens (including phenoxy) is 3. The molecule has 0 aromatic carbocycles. The van der Waals surface area contributed by atoms with E-state index in [1.807, 2.05) is 0 Å². The van der Waals surface area contributed by atoms with Crippen LogP contribution in [0.25, 0.3) is 0 Å². The van der Waals surface area contributed by atoms with E-state index < -0.39 is 91.5 Å². The number of carbonyl (C=O) groups excluding carboxylic acids is 3. The molecule has 0 fully saturated rings. The summed E-state index contributed by atoms with van der Waals surface area (Å²) in [5.74, 6) is -1.57. The summed E-state index contributed by atoms with van der Waals surface area (Å²) in [6.45, 7) is 2.59. The molecule has 0 bridgehead atoms. The van der Waals surface area contributed by atoms with Crippen molar-refractivity contribution in [1.82, 2.24) is 0 Å². The summed E-state index contributed by atoms with van der Waals surface area (Å²) in [6.07, 6.45) is 70.9. The van der Waals surface area contributed by atoms with Gasteiger partial charge in [0.2, 0.25) is 0 Å². The highest BCUT2D eigenvalue weighted by molar-refractivity contribution is 7.47. The van der Waals surface area contributed by atoms with Gasteiger partial charge in [0.05, 0.1) is 26.4 Å². The number of hydrogen-bond acceptors (Lipinski definition) is 14. The molecule has 91 heavy (non-hydrogen) atoms. The van der Waals surface area contributed by atoms with E-state index in [0.29, 0.717) is 19.3 Å². The van der Waals surface area contributed by atoms with Crippen molar-refractivity contribution in [2.45, 2.75) is 334 Å². The number of unbranched alkanes of at least 4 members (excludes halogenated alkanes) is 34. The van der Waals surface area contributed by atoms with Gasteiger partial charge in [-0.1, -0.05) is 299 Å². The molecule has 0 amide bonds. The fourth-order valence-corrected chi connectivity index (χ4v) is 11.5. The first-order valence-corrected chi connectivity index (χ1v) is 39.2. The van der Waals surface area contributed by atoms with E-state index in [4.69, 9.17) is 32.3 Å². The number of hydrogen-bond donors (Lipinski definition) is 4. The van der Waals surface area contributed by atoms with Gasteiger partial charge >= 0.3 is 33.6 Å². The van der Waals surface area contributed by atoms with Crippen LogP contribution >= 0.6 is 15.6 Å². The Morgan fingerprint density at radius 3 is 0.923 bits per heavy atom. The molecule has 18 heteroatoms. The minimum atomic E-state index is -4.92. The molecule has 0 aliphatic carbocycles. The van der Waals surface area contributed by atoms with Crippen LogP contribution in [0.1, 0.15) is 316 Å². The molecule has 16 nitrogen and oxygen atoms in total. The van der Waals surface area contributed by atoms with Gasteiger partial charge in [-0.2, -0.15) is 0 Å². The number of esters is 3. The topological polar surface area (TPSA) is 231 Å². The molecule has 0 aliphatic rings. The molecular formula is C73H132O16P2. The lowest BCUT2D eigenvalue weighted by Crippen LogP contribution is -2.30. The van der Waals surface area contributed by atoms with Gasteiger partial charge in [-0.25, -0.2) is 9.13 Å². The van der Waals surface area contributed by atoms with E-state index in [1.54, 1.807) is 0 Å². The second-order valence-corrected chi connectivity index (χ2v) is 27.3. The number of phosphoric acid groups is 2. The molecule has 0 saturated heterocycles. The van der Waals surface area contributed by atoms with E-state index >= 15 is 0 Å². The van der Waals surface area contributed by atoms with Crippen LogP contribution in [0.15, 0.2) is 72.9 Å². The van der Waals surface area contributed by atoms with Crippen molar-refractivity contribution >= 4 is 33.6 Å². The predicted molar refractivity (Wildman–Crippen MR) is 372 cm³/mol. The van der Waals surface area contributed by atoms with Crippen molar-refractivity contribution in [2.75, 3.05) is 39.6 Å². The van der Waals surface area contributed by atoms with E-state index in [-0.39, 0.29) is 19.3 Å². The first-order valence-electron chi connectivity index (χ1n) is 36.2. The molecule has 0 rings (SSSR count). The van der Waals surface area contributed by atoms with Gasteiger partial charge in [0.1, 0.15) is 25.4 Å². The predicted octanol–water partition coefficient (Wildman–Crippen LogP) is 20.3. The van der Waals surface area contributed by atoms with Crippen LogP contribution in [-0.4, -0.2) is 95.9 Å². The molecule has 5 atom stereocenters.